The number of aliphatic hydroxyl groups excluding tert-OH is 2. The molecule has 21 heavy (non-hydrogen) atoms. The molecule has 2 heterocycles. The lowest BCUT2D eigenvalue weighted by atomic mass is 9.97. The van der Waals surface area contributed by atoms with Crippen molar-refractivity contribution in [3.8, 4) is 0 Å². The maximum atomic E-state index is 14.0. The molecule has 4 N–H and O–H groups in total. The number of anilines is 1. The number of hydrogen-bond donors (Lipinski definition) is 3. The maximum Gasteiger partial charge on any atom is 0.351 e. The maximum absolute atomic E-state index is 14.0. The molecule has 0 bridgehead atoms. The standard InChI is InChI=1S/C10H11F4N3O4/c11-3-1-17(9(20)16-6(3)15)7-4(12)5(19)10(2-18,21-7)8(13)14/h1,4-5,7-8,18-19H,2H2,(H2,15,16,20)/t4-,5+,7-,10-/m1/s1. The summed E-state index contributed by atoms with van der Waals surface area (Å²) >= 11 is 0. The second-order valence-corrected chi connectivity index (χ2v) is 4.48. The zero-order valence-electron chi connectivity index (χ0n) is 10.3. The fourth-order valence-corrected chi connectivity index (χ4v) is 2.02. The van der Waals surface area contributed by atoms with Crippen LogP contribution in [0.4, 0.5) is 23.4 Å². The molecule has 1 saturated heterocycles. The molecule has 1 aromatic rings. The lowest BCUT2D eigenvalue weighted by Gasteiger charge is -2.28. The average Bonchev–Trinajstić information content (AvgIpc) is 2.68. The molecule has 1 aliphatic rings. The van der Waals surface area contributed by atoms with Gasteiger partial charge in [0.15, 0.2) is 29.6 Å². The normalized spacial score (nSPS) is 32.8. The molecule has 7 nitrogen and oxygen atoms in total. The predicted molar refractivity (Wildman–Crippen MR) is 59.7 cm³/mol. The highest BCUT2D eigenvalue weighted by Crippen LogP contribution is 2.41. The van der Waals surface area contributed by atoms with E-state index in [2.05, 4.69) is 9.72 Å². The lowest BCUT2D eigenvalue weighted by Crippen LogP contribution is -2.51. The SMILES string of the molecule is Nc1nc(=O)n([C@@H]2O[C@@](CO)(C(F)F)[C@@H](O)[C@H]2F)cc1F. The molecule has 118 valence electrons. The number of ether oxygens (including phenoxy) is 1. The number of rotatable bonds is 3. The Bertz CT molecular complexity index is 598. The van der Waals surface area contributed by atoms with E-state index in [4.69, 9.17) is 10.8 Å². The molecular weight excluding hydrogens is 302 g/mol. The van der Waals surface area contributed by atoms with Crippen molar-refractivity contribution in [2.24, 2.45) is 0 Å². The van der Waals surface area contributed by atoms with Crippen LogP contribution in [0.1, 0.15) is 6.23 Å². The third-order valence-electron chi connectivity index (χ3n) is 3.24. The van der Waals surface area contributed by atoms with E-state index in [0.717, 1.165) is 0 Å². The van der Waals surface area contributed by atoms with Gasteiger partial charge < -0.3 is 20.7 Å². The van der Waals surface area contributed by atoms with Crippen molar-refractivity contribution >= 4 is 5.82 Å². The Balaban J connectivity index is 2.47. The van der Waals surface area contributed by atoms with E-state index in [1.54, 1.807) is 0 Å². The quantitative estimate of drug-likeness (QED) is 0.629. The Labute approximate surface area is 114 Å². The van der Waals surface area contributed by atoms with E-state index in [1.165, 1.54) is 0 Å². The van der Waals surface area contributed by atoms with Gasteiger partial charge in [-0.05, 0) is 0 Å². The first-order valence-electron chi connectivity index (χ1n) is 5.67. The molecule has 0 aromatic carbocycles. The van der Waals surface area contributed by atoms with Crippen molar-refractivity contribution in [2.75, 3.05) is 12.3 Å². The molecule has 1 aliphatic heterocycles. The Morgan fingerprint density at radius 3 is 2.67 bits per heavy atom. The van der Waals surface area contributed by atoms with Crippen LogP contribution in [0.25, 0.3) is 0 Å². The van der Waals surface area contributed by atoms with Gasteiger partial charge >= 0.3 is 5.69 Å². The summed E-state index contributed by atoms with van der Waals surface area (Å²) in [6.07, 6.45) is -10.0. The Kier molecular flexibility index (Phi) is 3.91. The number of nitrogens with two attached hydrogens (primary N) is 1. The molecule has 0 radical (unpaired) electrons. The smallest absolute Gasteiger partial charge is 0.351 e. The fraction of sp³-hybridized carbons (Fsp3) is 0.600. The second kappa shape index (κ2) is 5.24. The number of aliphatic hydroxyl groups is 2. The van der Waals surface area contributed by atoms with E-state index in [1.807, 2.05) is 0 Å². The summed E-state index contributed by atoms with van der Waals surface area (Å²) in [6, 6.07) is 0. The molecule has 0 unspecified atom stereocenters. The summed E-state index contributed by atoms with van der Waals surface area (Å²) < 4.78 is 58.0. The van der Waals surface area contributed by atoms with Crippen LogP contribution in [0.5, 0.6) is 0 Å². The highest BCUT2D eigenvalue weighted by Gasteiger charge is 2.61. The monoisotopic (exact) mass is 313 g/mol. The topological polar surface area (TPSA) is 111 Å². The van der Waals surface area contributed by atoms with Gasteiger partial charge in [0.25, 0.3) is 6.43 Å². The fourth-order valence-electron chi connectivity index (χ4n) is 2.02. The van der Waals surface area contributed by atoms with Crippen LogP contribution in [-0.2, 0) is 4.74 Å². The molecule has 1 aromatic heterocycles. The van der Waals surface area contributed by atoms with Gasteiger partial charge in [-0.15, -0.1) is 0 Å². The molecule has 0 amide bonds. The van der Waals surface area contributed by atoms with Gasteiger partial charge in [0.05, 0.1) is 12.8 Å². The number of aromatic nitrogens is 2. The van der Waals surface area contributed by atoms with Crippen LogP contribution >= 0.6 is 0 Å². The molecule has 11 heteroatoms. The number of hydrogen-bond acceptors (Lipinski definition) is 6. The summed E-state index contributed by atoms with van der Waals surface area (Å²) in [5.74, 6) is -1.95. The van der Waals surface area contributed by atoms with Crippen LogP contribution in [0, 0.1) is 5.82 Å². The van der Waals surface area contributed by atoms with Gasteiger partial charge in [-0.1, -0.05) is 0 Å². The highest BCUT2D eigenvalue weighted by molar-refractivity contribution is 5.26. The first-order valence-corrected chi connectivity index (χ1v) is 5.67. The van der Waals surface area contributed by atoms with Crippen molar-refractivity contribution in [2.45, 2.75) is 30.5 Å². The number of halogens is 4. The van der Waals surface area contributed by atoms with Gasteiger partial charge in [-0.2, -0.15) is 4.98 Å². The first kappa shape index (κ1) is 15.7. The Morgan fingerprint density at radius 2 is 2.19 bits per heavy atom. The zero-order chi connectivity index (χ0) is 15.9. The van der Waals surface area contributed by atoms with Crippen molar-refractivity contribution in [1.82, 2.24) is 9.55 Å². The summed E-state index contributed by atoms with van der Waals surface area (Å²) in [5, 5.41) is 18.5. The van der Waals surface area contributed by atoms with Crippen LogP contribution < -0.4 is 11.4 Å². The molecule has 0 spiro atoms. The van der Waals surface area contributed by atoms with Crippen molar-refractivity contribution in [3.63, 3.8) is 0 Å². The van der Waals surface area contributed by atoms with Gasteiger partial charge in [0, 0.05) is 0 Å². The number of alkyl halides is 3. The largest absolute Gasteiger partial charge is 0.393 e. The van der Waals surface area contributed by atoms with Crippen LogP contribution in [0.2, 0.25) is 0 Å². The third kappa shape index (κ3) is 2.26. The summed E-state index contributed by atoms with van der Waals surface area (Å²) in [7, 11) is 0. The molecule has 1 fully saturated rings. The number of nitrogens with zero attached hydrogens (tertiary/aromatic N) is 2. The Morgan fingerprint density at radius 1 is 1.57 bits per heavy atom. The molecule has 0 aliphatic carbocycles. The van der Waals surface area contributed by atoms with Crippen LogP contribution in [-0.4, -0.2) is 50.7 Å². The minimum atomic E-state index is -3.44. The van der Waals surface area contributed by atoms with E-state index < -0.39 is 54.5 Å². The van der Waals surface area contributed by atoms with Crippen LogP contribution in [0.15, 0.2) is 11.0 Å². The van der Waals surface area contributed by atoms with E-state index in [-0.39, 0.29) is 4.57 Å². The summed E-state index contributed by atoms with van der Waals surface area (Å²) in [5.41, 5.74) is 0.866. The summed E-state index contributed by atoms with van der Waals surface area (Å²) in [4.78, 5) is 14.6. The molecule has 2 rings (SSSR count). The van der Waals surface area contributed by atoms with Gasteiger partial charge in [-0.25, -0.2) is 22.4 Å². The summed E-state index contributed by atoms with van der Waals surface area (Å²) in [6.45, 7) is -1.40. The van der Waals surface area contributed by atoms with Crippen molar-refractivity contribution in [3.05, 3.63) is 22.5 Å². The van der Waals surface area contributed by atoms with Gasteiger partial charge in [0.2, 0.25) is 0 Å². The second-order valence-electron chi connectivity index (χ2n) is 4.48. The number of nitrogen functional groups attached to an aromatic ring is 1. The van der Waals surface area contributed by atoms with Gasteiger partial charge in [-0.3, -0.25) is 4.57 Å². The van der Waals surface area contributed by atoms with E-state index in [0.29, 0.717) is 6.20 Å². The third-order valence-corrected chi connectivity index (χ3v) is 3.24. The predicted octanol–water partition coefficient (Wildman–Crippen LogP) is -0.811. The van der Waals surface area contributed by atoms with E-state index in [9.17, 15) is 27.5 Å². The lowest BCUT2D eigenvalue weighted by molar-refractivity contribution is -0.196. The van der Waals surface area contributed by atoms with Crippen LogP contribution in [0.3, 0.4) is 0 Å². The van der Waals surface area contributed by atoms with Gasteiger partial charge in [0.1, 0.15) is 6.10 Å². The molecule has 0 saturated carbocycles. The molecular formula is C10H11F4N3O4. The Hall–Kier alpha value is -1.72. The van der Waals surface area contributed by atoms with Crippen molar-refractivity contribution < 1.29 is 32.5 Å². The zero-order valence-corrected chi connectivity index (χ0v) is 10.3. The average molecular weight is 313 g/mol. The molecule has 4 atom stereocenters. The van der Waals surface area contributed by atoms with E-state index >= 15 is 0 Å². The first-order chi connectivity index (χ1) is 9.74. The van der Waals surface area contributed by atoms with Crippen molar-refractivity contribution in [1.29, 1.82) is 0 Å². The highest BCUT2D eigenvalue weighted by atomic mass is 19.3. The minimum Gasteiger partial charge on any atom is -0.393 e. The minimum absolute atomic E-state index is 0.249.